The van der Waals surface area contributed by atoms with Gasteiger partial charge in [-0.05, 0) is 17.7 Å². The predicted octanol–water partition coefficient (Wildman–Crippen LogP) is 1.80. The minimum absolute atomic E-state index is 0.162. The maximum atomic E-state index is 5.78. The third kappa shape index (κ3) is 1.91. The van der Waals surface area contributed by atoms with E-state index in [0.29, 0.717) is 0 Å². The summed E-state index contributed by atoms with van der Waals surface area (Å²) in [5.74, 6) is 1.13. The molecule has 1 atom stereocenters. The lowest BCUT2D eigenvalue weighted by Crippen LogP contribution is -2.33. The highest BCUT2D eigenvalue weighted by Crippen LogP contribution is 2.23. The lowest BCUT2D eigenvalue weighted by Gasteiger charge is -2.23. The zero-order valence-electron chi connectivity index (χ0n) is 10.9. The number of nitrogens with zero attached hydrogens (tertiary/aromatic N) is 2. The molecular formula is C14H19N3O. The highest BCUT2D eigenvalue weighted by Gasteiger charge is 2.17. The molecule has 1 fully saturated rings. The smallest absolute Gasteiger partial charge is 0.109 e. The van der Waals surface area contributed by atoms with E-state index in [1.807, 2.05) is 0 Å². The van der Waals surface area contributed by atoms with Crippen LogP contribution in [0.15, 0.2) is 18.2 Å². The Morgan fingerprint density at radius 2 is 2.39 bits per heavy atom. The van der Waals surface area contributed by atoms with E-state index in [1.54, 1.807) is 0 Å². The molecule has 0 spiro atoms. The molecule has 2 heterocycles. The highest BCUT2D eigenvalue weighted by molar-refractivity contribution is 5.77. The zero-order valence-corrected chi connectivity index (χ0v) is 10.9. The van der Waals surface area contributed by atoms with Crippen molar-refractivity contribution < 1.29 is 4.74 Å². The van der Waals surface area contributed by atoms with Gasteiger partial charge in [0.25, 0.3) is 0 Å². The van der Waals surface area contributed by atoms with Crippen molar-refractivity contribution in [2.75, 3.05) is 19.7 Å². The Bertz CT molecular complexity index is 555. The Morgan fingerprint density at radius 1 is 1.50 bits per heavy atom. The van der Waals surface area contributed by atoms with Gasteiger partial charge >= 0.3 is 0 Å². The van der Waals surface area contributed by atoms with E-state index in [9.17, 15) is 0 Å². The fourth-order valence-corrected chi connectivity index (χ4v) is 2.56. The molecule has 1 saturated heterocycles. The minimum Gasteiger partial charge on any atom is -0.371 e. The van der Waals surface area contributed by atoms with Gasteiger partial charge in [-0.2, -0.15) is 0 Å². The second kappa shape index (κ2) is 4.71. The molecule has 0 saturated carbocycles. The Balaban J connectivity index is 2.00. The Morgan fingerprint density at radius 3 is 3.11 bits per heavy atom. The largest absolute Gasteiger partial charge is 0.371 e. The number of hydrogen-bond donors (Lipinski definition) is 1. The van der Waals surface area contributed by atoms with Gasteiger partial charge in [-0.15, -0.1) is 0 Å². The molecule has 18 heavy (non-hydrogen) atoms. The van der Waals surface area contributed by atoms with E-state index in [-0.39, 0.29) is 6.10 Å². The van der Waals surface area contributed by atoms with Crippen LogP contribution in [0.1, 0.15) is 24.4 Å². The van der Waals surface area contributed by atoms with Crippen molar-refractivity contribution in [2.45, 2.75) is 19.4 Å². The van der Waals surface area contributed by atoms with Crippen molar-refractivity contribution in [3.63, 3.8) is 0 Å². The van der Waals surface area contributed by atoms with Gasteiger partial charge in [-0.25, -0.2) is 4.98 Å². The van der Waals surface area contributed by atoms with Crippen LogP contribution in [0.4, 0.5) is 0 Å². The van der Waals surface area contributed by atoms with Gasteiger partial charge < -0.3 is 14.6 Å². The monoisotopic (exact) mass is 245 g/mol. The molecule has 0 bridgehead atoms. The van der Waals surface area contributed by atoms with E-state index in [4.69, 9.17) is 4.74 Å². The fourth-order valence-electron chi connectivity index (χ4n) is 2.56. The van der Waals surface area contributed by atoms with Crippen LogP contribution in [-0.4, -0.2) is 29.2 Å². The van der Waals surface area contributed by atoms with Crippen molar-refractivity contribution in [1.82, 2.24) is 14.9 Å². The number of hydrogen-bond acceptors (Lipinski definition) is 3. The summed E-state index contributed by atoms with van der Waals surface area (Å²) in [6.07, 6.45) is 1.12. The second-order valence-electron chi connectivity index (χ2n) is 4.75. The molecule has 3 rings (SSSR count). The SMILES string of the molecule is CCc1nc2cc(C3CNCCO3)ccc2n1C. The average Bonchev–Trinajstić information content (AvgIpc) is 2.76. The van der Waals surface area contributed by atoms with Gasteiger partial charge in [-0.1, -0.05) is 13.0 Å². The first-order valence-electron chi connectivity index (χ1n) is 6.57. The number of nitrogens with one attached hydrogen (secondary N) is 1. The molecule has 4 heteroatoms. The fraction of sp³-hybridized carbons (Fsp3) is 0.500. The first-order valence-corrected chi connectivity index (χ1v) is 6.57. The van der Waals surface area contributed by atoms with Crippen molar-refractivity contribution in [2.24, 2.45) is 7.05 Å². The molecule has 1 aromatic carbocycles. The summed E-state index contributed by atoms with van der Waals surface area (Å²) in [4.78, 5) is 4.67. The van der Waals surface area contributed by atoms with Crippen LogP contribution in [0.2, 0.25) is 0 Å². The van der Waals surface area contributed by atoms with Gasteiger partial charge in [0.1, 0.15) is 5.82 Å². The van der Waals surface area contributed by atoms with E-state index in [2.05, 4.69) is 47.0 Å². The topological polar surface area (TPSA) is 39.1 Å². The van der Waals surface area contributed by atoms with Gasteiger partial charge in [-0.3, -0.25) is 0 Å². The molecule has 4 nitrogen and oxygen atoms in total. The minimum atomic E-state index is 0.162. The number of fused-ring (bicyclic) bond motifs is 1. The van der Waals surface area contributed by atoms with Crippen LogP contribution < -0.4 is 5.32 Å². The Kier molecular flexibility index (Phi) is 3.06. The summed E-state index contributed by atoms with van der Waals surface area (Å²) in [6.45, 7) is 4.75. The van der Waals surface area contributed by atoms with E-state index < -0.39 is 0 Å². The lowest BCUT2D eigenvalue weighted by molar-refractivity contribution is 0.0278. The summed E-state index contributed by atoms with van der Waals surface area (Å²) in [6, 6.07) is 6.46. The van der Waals surface area contributed by atoms with E-state index in [0.717, 1.165) is 37.5 Å². The van der Waals surface area contributed by atoms with Crippen LogP contribution in [0.3, 0.4) is 0 Å². The molecule has 96 valence electrons. The van der Waals surface area contributed by atoms with Crippen molar-refractivity contribution >= 4 is 11.0 Å². The first kappa shape index (κ1) is 11.7. The third-order valence-electron chi connectivity index (χ3n) is 3.61. The number of morpholine rings is 1. The zero-order chi connectivity index (χ0) is 12.5. The summed E-state index contributed by atoms with van der Waals surface area (Å²) >= 11 is 0. The maximum absolute atomic E-state index is 5.78. The third-order valence-corrected chi connectivity index (χ3v) is 3.61. The van der Waals surface area contributed by atoms with Crippen LogP contribution in [0.5, 0.6) is 0 Å². The molecular weight excluding hydrogens is 226 g/mol. The predicted molar refractivity (Wildman–Crippen MR) is 71.7 cm³/mol. The summed E-state index contributed by atoms with van der Waals surface area (Å²) in [5.41, 5.74) is 3.48. The normalized spacial score (nSPS) is 20.4. The van der Waals surface area contributed by atoms with Gasteiger partial charge in [0, 0.05) is 26.6 Å². The van der Waals surface area contributed by atoms with Crippen LogP contribution in [0, 0.1) is 0 Å². The molecule has 1 N–H and O–H groups in total. The molecule has 1 aromatic heterocycles. The number of aryl methyl sites for hydroxylation is 2. The molecule has 0 radical (unpaired) electrons. The number of imidazole rings is 1. The summed E-state index contributed by atoms with van der Waals surface area (Å²) in [5, 5.41) is 3.36. The van der Waals surface area contributed by atoms with Crippen molar-refractivity contribution in [3.8, 4) is 0 Å². The molecule has 1 aliphatic heterocycles. The van der Waals surface area contributed by atoms with Crippen LogP contribution >= 0.6 is 0 Å². The van der Waals surface area contributed by atoms with E-state index in [1.165, 1.54) is 11.1 Å². The van der Waals surface area contributed by atoms with E-state index >= 15 is 0 Å². The average molecular weight is 245 g/mol. The van der Waals surface area contributed by atoms with Crippen LogP contribution in [-0.2, 0) is 18.2 Å². The van der Waals surface area contributed by atoms with Crippen molar-refractivity contribution in [1.29, 1.82) is 0 Å². The molecule has 1 unspecified atom stereocenters. The lowest BCUT2D eigenvalue weighted by atomic mass is 10.1. The molecule has 1 aliphatic rings. The number of ether oxygens (including phenoxy) is 1. The standard InChI is InChI=1S/C14H19N3O/c1-3-14-16-11-8-10(4-5-12(11)17(14)2)13-9-15-6-7-18-13/h4-5,8,13,15H,3,6-7,9H2,1-2H3. The Labute approximate surface area is 107 Å². The maximum Gasteiger partial charge on any atom is 0.109 e. The quantitative estimate of drug-likeness (QED) is 0.877. The van der Waals surface area contributed by atoms with Gasteiger partial charge in [0.05, 0.1) is 23.7 Å². The number of rotatable bonds is 2. The molecule has 0 aliphatic carbocycles. The number of aromatic nitrogens is 2. The second-order valence-corrected chi connectivity index (χ2v) is 4.75. The first-order chi connectivity index (χ1) is 8.79. The van der Waals surface area contributed by atoms with Crippen molar-refractivity contribution in [3.05, 3.63) is 29.6 Å². The molecule has 2 aromatic rings. The van der Waals surface area contributed by atoms with Crippen LogP contribution in [0.25, 0.3) is 11.0 Å². The number of benzene rings is 1. The highest BCUT2D eigenvalue weighted by atomic mass is 16.5. The Hall–Kier alpha value is -1.39. The van der Waals surface area contributed by atoms with Gasteiger partial charge in [0.2, 0.25) is 0 Å². The van der Waals surface area contributed by atoms with Gasteiger partial charge in [0.15, 0.2) is 0 Å². The summed E-state index contributed by atoms with van der Waals surface area (Å²) < 4.78 is 7.94. The summed E-state index contributed by atoms with van der Waals surface area (Å²) in [7, 11) is 2.08. The molecule has 0 amide bonds.